The van der Waals surface area contributed by atoms with Gasteiger partial charge in [0, 0.05) is 26.6 Å². The first-order chi connectivity index (χ1) is 7.00. The Hall–Kier alpha value is -0.870. The van der Waals surface area contributed by atoms with Crippen molar-refractivity contribution in [3.8, 4) is 0 Å². The molecule has 0 aromatic carbocycles. The molecule has 0 fully saturated rings. The summed E-state index contributed by atoms with van der Waals surface area (Å²) in [5, 5.41) is 3.27. The van der Waals surface area contributed by atoms with Crippen LogP contribution in [0, 0.1) is 0 Å². The van der Waals surface area contributed by atoms with Gasteiger partial charge in [-0.25, -0.2) is 4.98 Å². The monoisotopic (exact) mass is 211 g/mol. The maximum absolute atomic E-state index is 5.43. The average molecular weight is 211 g/mol. The van der Waals surface area contributed by atoms with E-state index in [9.17, 15) is 0 Å². The molecule has 15 heavy (non-hydrogen) atoms. The zero-order valence-electron chi connectivity index (χ0n) is 10.2. The van der Waals surface area contributed by atoms with Crippen LogP contribution in [0.3, 0.4) is 0 Å². The molecule has 86 valence electrons. The topological polar surface area (TPSA) is 39.1 Å². The number of hydrogen-bond acceptors (Lipinski definition) is 3. The minimum atomic E-state index is -0.139. The first-order valence-electron chi connectivity index (χ1n) is 5.20. The quantitative estimate of drug-likeness (QED) is 0.802. The number of nitrogens with one attached hydrogen (secondary N) is 1. The lowest BCUT2D eigenvalue weighted by Gasteiger charge is -2.28. The number of methoxy groups -OCH3 is 1. The van der Waals surface area contributed by atoms with Crippen molar-refractivity contribution in [1.82, 2.24) is 14.9 Å². The van der Waals surface area contributed by atoms with Gasteiger partial charge in [0.2, 0.25) is 0 Å². The summed E-state index contributed by atoms with van der Waals surface area (Å²) in [5.41, 5.74) is -0.139. The van der Waals surface area contributed by atoms with Crippen LogP contribution in [-0.2, 0) is 11.8 Å². The summed E-state index contributed by atoms with van der Waals surface area (Å²) in [6, 6.07) is 0.222. The summed E-state index contributed by atoms with van der Waals surface area (Å²) in [7, 11) is 5.70. The summed E-state index contributed by atoms with van der Waals surface area (Å²) in [6.07, 6.45) is 4.67. The first-order valence-corrected chi connectivity index (χ1v) is 5.20. The van der Waals surface area contributed by atoms with E-state index in [0.29, 0.717) is 0 Å². The molecule has 0 aliphatic rings. The molecule has 4 heteroatoms. The van der Waals surface area contributed by atoms with E-state index in [2.05, 4.69) is 24.1 Å². The van der Waals surface area contributed by atoms with Crippen molar-refractivity contribution in [3.63, 3.8) is 0 Å². The molecule has 1 aromatic rings. The molecule has 1 atom stereocenters. The van der Waals surface area contributed by atoms with E-state index in [1.807, 2.05) is 31.1 Å². The van der Waals surface area contributed by atoms with E-state index < -0.39 is 0 Å². The van der Waals surface area contributed by atoms with Gasteiger partial charge in [0.05, 0.1) is 11.6 Å². The molecule has 4 nitrogen and oxygen atoms in total. The number of hydrogen-bond donors (Lipinski definition) is 1. The highest BCUT2D eigenvalue weighted by molar-refractivity contribution is 5.00. The highest BCUT2D eigenvalue weighted by Crippen LogP contribution is 2.24. The molecular weight excluding hydrogens is 190 g/mol. The fraction of sp³-hybridized carbons (Fsp3) is 0.727. The standard InChI is InChI=1S/C11H21N3O/c1-11(2,15-5)8-9(12-3)10-13-6-7-14(10)4/h6-7,9,12H,8H2,1-5H3. The second kappa shape index (κ2) is 4.77. The van der Waals surface area contributed by atoms with Crippen LogP contribution in [0.4, 0.5) is 0 Å². The van der Waals surface area contributed by atoms with Gasteiger partial charge in [0.25, 0.3) is 0 Å². The summed E-state index contributed by atoms with van der Waals surface area (Å²) in [4.78, 5) is 4.35. The van der Waals surface area contributed by atoms with Crippen LogP contribution in [0.2, 0.25) is 0 Å². The lowest BCUT2D eigenvalue weighted by molar-refractivity contribution is 0.00653. The number of aryl methyl sites for hydroxylation is 1. The smallest absolute Gasteiger partial charge is 0.125 e. The summed E-state index contributed by atoms with van der Waals surface area (Å²) < 4.78 is 7.47. The molecule has 1 heterocycles. The number of rotatable bonds is 5. The molecule has 0 bridgehead atoms. The van der Waals surface area contributed by atoms with E-state index >= 15 is 0 Å². The van der Waals surface area contributed by atoms with Crippen molar-refractivity contribution in [3.05, 3.63) is 18.2 Å². The van der Waals surface area contributed by atoms with Crippen LogP contribution >= 0.6 is 0 Å². The van der Waals surface area contributed by atoms with Gasteiger partial charge in [-0.1, -0.05) is 0 Å². The fourth-order valence-electron chi connectivity index (χ4n) is 1.61. The van der Waals surface area contributed by atoms with Crippen LogP contribution < -0.4 is 5.32 Å². The molecule has 1 N–H and O–H groups in total. The van der Waals surface area contributed by atoms with E-state index in [1.165, 1.54) is 0 Å². The van der Waals surface area contributed by atoms with Gasteiger partial charge in [0.15, 0.2) is 0 Å². The maximum atomic E-state index is 5.43. The zero-order chi connectivity index (χ0) is 11.5. The highest BCUT2D eigenvalue weighted by Gasteiger charge is 2.24. The van der Waals surface area contributed by atoms with Crippen LogP contribution in [0.25, 0.3) is 0 Å². The minimum Gasteiger partial charge on any atom is -0.379 e. The van der Waals surface area contributed by atoms with E-state index in [0.717, 1.165) is 12.2 Å². The molecular formula is C11H21N3O. The van der Waals surface area contributed by atoms with Crippen molar-refractivity contribution in [2.24, 2.45) is 7.05 Å². The van der Waals surface area contributed by atoms with Crippen molar-refractivity contribution < 1.29 is 4.74 Å². The Labute approximate surface area is 91.7 Å². The molecule has 1 rings (SSSR count). The molecule has 0 amide bonds. The molecule has 1 aromatic heterocycles. The fourth-order valence-corrected chi connectivity index (χ4v) is 1.61. The summed E-state index contributed by atoms with van der Waals surface area (Å²) in [5.74, 6) is 1.04. The van der Waals surface area contributed by atoms with E-state index in [4.69, 9.17) is 4.74 Å². The van der Waals surface area contributed by atoms with Crippen LogP contribution in [-0.4, -0.2) is 29.3 Å². The Kier molecular flexibility index (Phi) is 3.88. The second-order valence-corrected chi connectivity index (χ2v) is 4.41. The molecule has 0 aliphatic heterocycles. The molecule has 1 unspecified atom stereocenters. The van der Waals surface area contributed by atoms with Crippen molar-refractivity contribution in [2.45, 2.75) is 31.9 Å². The Morgan fingerprint density at radius 3 is 2.67 bits per heavy atom. The van der Waals surface area contributed by atoms with Gasteiger partial charge >= 0.3 is 0 Å². The molecule has 0 saturated carbocycles. The van der Waals surface area contributed by atoms with Crippen LogP contribution in [0.5, 0.6) is 0 Å². The van der Waals surface area contributed by atoms with Crippen molar-refractivity contribution >= 4 is 0 Å². The Morgan fingerprint density at radius 1 is 1.60 bits per heavy atom. The first kappa shape index (κ1) is 12.2. The Morgan fingerprint density at radius 2 is 2.27 bits per heavy atom. The van der Waals surface area contributed by atoms with Gasteiger partial charge in [-0.15, -0.1) is 0 Å². The number of aromatic nitrogens is 2. The summed E-state index contributed by atoms with van der Waals surface area (Å²) >= 11 is 0. The number of imidazole rings is 1. The number of nitrogens with zero attached hydrogens (tertiary/aromatic N) is 2. The predicted molar refractivity (Wildman–Crippen MR) is 60.7 cm³/mol. The lowest BCUT2D eigenvalue weighted by atomic mass is 9.98. The lowest BCUT2D eigenvalue weighted by Crippen LogP contribution is -2.31. The SMILES string of the molecule is CNC(CC(C)(C)OC)c1nccn1C. The largest absolute Gasteiger partial charge is 0.379 e. The van der Waals surface area contributed by atoms with Crippen LogP contribution in [0.15, 0.2) is 12.4 Å². The van der Waals surface area contributed by atoms with Gasteiger partial charge < -0.3 is 14.6 Å². The van der Waals surface area contributed by atoms with E-state index in [-0.39, 0.29) is 11.6 Å². The predicted octanol–water partition coefficient (Wildman–Crippen LogP) is 1.50. The molecule has 0 saturated heterocycles. The normalized spacial score (nSPS) is 14.2. The summed E-state index contributed by atoms with van der Waals surface area (Å²) in [6.45, 7) is 4.17. The average Bonchev–Trinajstić information content (AvgIpc) is 2.61. The minimum absolute atomic E-state index is 0.139. The van der Waals surface area contributed by atoms with Crippen molar-refractivity contribution in [1.29, 1.82) is 0 Å². The zero-order valence-corrected chi connectivity index (χ0v) is 10.2. The van der Waals surface area contributed by atoms with Gasteiger partial charge in [0.1, 0.15) is 5.82 Å². The molecule has 0 radical (unpaired) electrons. The van der Waals surface area contributed by atoms with Gasteiger partial charge in [-0.05, 0) is 27.3 Å². The third-order valence-corrected chi connectivity index (χ3v) is 2.77. The Bertz CT molecular complexity index is 307. The molecule has 0 spiro atoms. The third kappa shape index (κ3) is 3.04. The Balaban J connectivity index is 2.77. The van der Waals surface area contributed by atoms with E-state index in [1.54, 1.807) is 7.11 Å². The van der Waals surface area contributed by atoms with Crippen molar-refractivity contribution in [2.75, 3.05) is 14.2 Å². The highest BCUT2D eigenvalue weighted by atomic mass is 16.5. The third-order valence-electron chi connectivity index (χ3n) is 2.77. The molecule has 0 aliphatic carbocycles. The second-order valence-electron chi connectivity index (χ2n) is 4.41. The number of ether oxygens (including phenoxy) is 1. The van der Waals surface area contributed by atoms with Gasteiger partial charge in [-0.3, -0.25) is 0 Å². The van der Waals surface area contributed by atoms with Gasteiger partial charge in [-0.2, -0.15) is 0 Å². The maximum Gasteiger partial charge on any atom is 0.125 e. The van der Waals surface area contributed by atoms with Crippen LogP contribution in [0.1, 0.15) is 32.1 Å².